The van der Waals surface area contributed by atoms with Crippen molar-refractivity contribution in [2.45, 2.75) is 37.5 Å². The third-order valence-corrected chi connectivity index (χ3v) is 14.7. The molecule has 5 aliphatic carbocycles. The van der Waals surface area contributed by atoms with E-state index in [1.54, 1.807) is 11.1 Å². The second kappa shape index (κ2) is 12.3. The summed E-state index contributed by atoms with van der Waals surface area (Å²) in [6, 6.07) is 60.1. The molecule has 8 aromatic carbocycles. The minimum atomic E-state index is 0.101. The quantitative estimate of drug-likeness (QED) is 0.180. The molecule has 0 amide bonds. The molecule has 276 valence electrons. The van der Waals surface area contributed by atoms with Crippen molar-refractivity contribution in [3.8, 4) is 56.4 Å². The van der Waals surface area contributed by atoms with Crippen molar-refractivity contribution in [2.24, 2.45) is 23.7 Å². The fourth-order valence-corrected chi connectivity index (χ4v) is 12.5. The molecule has 0 radical (unpaired) electrons. The zero-order valence-electron chi connectivity index (χ0n) is 32.3. The van der Waals surface area contributed by atoms with Gasteiger partial charge in [-0.2, -0.15) is 0 Å². The van der Waals surface area contributed by atoms with Gasteiger partial charge in [0.1, 0.15) is 0 Å². The van der Waals surface area contributed by atoms with Gasteiger partial charge in [-0.25, -0.2) is 15.0 Å². The molecule has 3 heteroatoms. The predicted octanol–water partition coefficient (Wildman–Crippen LogP) is 13.7. The van der Waals surface area contributed by atoms with Gasteiger partial charge in [0.25, 0.3) is 0 Å². The molecular weight excluding hydrogens is 703 g/mol. The lowest BCUT2D eigenvalue weighted by Crippen LogP contribution is -2.55. The number of nitrogens with zero attached hydrogens (tertiary/aromatic N) is 3. The lowest BCUT2D eigenvalue weighted by atomic mass is 9.43. The molecule has 4 fully saturated rings. The zero-order chi connectivity index (χ0) is 38.0. The van der Waals surface area contributed by atoms with Crippen molar-refractivity contribution < 1.29 is 0 Å². The summed E-state index contributed by atoms with van der Waals surface area (Å²) in [5.74, 6) is 5.28. The van der Waals surface area contributed by atoms with Crippen molar-refractivity contribution in [1.29, 1.82) is 0 Å². The van der Waals surface area contributed by atoms with E-state index in [0.717, 1.165) is 33.9 Å². The molecule has 58 heavy (non-hydrogen) atoms. The van der Waals surface area contributed by atoms with Crippen LogP contribution in [-0.4, -0.2) is 15.0 Å². The van der Waals surface area contributed by atoms with Gasteiger partial charge in [0, 0.05) is 22.1 Å². The van der Waals surface area contributed by atoms with Crippen LogP contribution in [0, 0.1) is 23.7 Å². The van der Waals surface area contributed by atoms with Crippen molar-refractivity contribution in [2.75, 3.05) is 0 Å². The van der Waals surface area contributed by atoms with Crippen LogP contribution < -0.4 is 0 Å². The Morgan fingerprint density at radius 2 is 0.931 bits per heavy atom. The average molecular weight is 744 g/mol. The van der Waals surface area contributed by atoms with Crippen LogP contribution in [0.3, 0.4) is 0 Å². The minimum absolute atomic E-state index is 0.101. The highest BCUT2D eigenvalue weighted by Crippen LogP contribution is 2.70. The smallest absolute Gasteiger partial charge is 0.164 e. The number of aromatic nitrogens is 3. The lowest BCUT2D eigenvalue weighted by Gasteiger charge is -2.61. The molecule has 5 aliphatic rings. The van der Waals surface area contributed by atoms with Gasteiger partial charge < -0.3 is 0 Å². The van der Waals surface area contributed by atoms with Crippen LogP contribution in [-0.2, 0) is 5.41 Å². The molecule has 0 N–H and O–H groups in total. The molecule has 1 spiro atoms. The summed E-state index contributed by atoms with van der Waals surface area (Å²) in [6.45, 7) is 0. The summed E-state index contributed by atoms with van der Waals surface area (Å²) in [5.41, 5.74) is 11.7. The Kier molecular flexibility index (Phi) is 6.90. The highest BCUT2D eigenvalue weighted by molar-refractivity contribution is 6.07. The van der Waals surface area contributed by atoms with Crippen molar-refractivity contribution in [3.63, 3.8) is 0 Å². The van der Waals surface area contributed by atoms with Gasteiger partial charge in [-0.05, 0) is 134 Å². The Morgan fingerprint density at radius 3 is 1.67 bits per heavy atom. The van der Waals surface area contributed by atoms with E-state index in [1.807, 2.05) is 18.2 Å². The molecule has 14 rings (SSSR count). The van der Waals surface area contributed by atoms with Gasteiger partial charge in [-0.3, -0.25) is 0 Å². The zero-order valence-corrected chi connectivity index (χ0v) is 32.3. The summed E-state index contributed by atoms with van der Waals surface area (Å²) < 4.78 is 0. The first-order valence-electron chi connectivity index (χ1n) is 21.2. The maximum Gasteiger partial charge on any atom is 0.164 e. The summed E-state index contributed by atoms with van der Waals surface area (Å²) in [5, 5.41) is 7.72. The van der Waals surface area contributed by atoms with Gasteiger partial charge >= 0.3 is 0 Å². The fraction of sp³-hybridized carbons (Fsp3) is 0.182. The third-order valence-electron chi connectivity index (χ3n) is 14.7. The van der Waals surface area contributed by atoms with Crippen LogP contribution in [0.25, 0.3) is 88.7 Å². The number of hydrogen-bond acceptors (Lipinski definition) is 3. The molecule has 4 saturated carbocycles. The molecule has 3 nitrogen and oxygen atoms in total. The fourth-order valence-electron chi connectivity index (χ4n) is 12.5. The Morgan fingerprint density at radius 1 is 0.362 bits per heavy atom. The van der Waals surface area contributed by atoms with E-state index in [1.165, 1.54) is 81.3 Å². The topological polar surface area (TPSA) is 38.7 Å². The summed E-state index contributed by atoms with van der Waals surface area (Å²) in [6.07, 6.45) is 6.98. The minimum Gasteiger partial charge on any atom is -0.208 e. The SMILES string of the molecule is c1ccc(-c2nc(-c3ccc(-c4cccc5cc6c(cc45)C4(c5ccc7ccccc7c5-6)C5CC6CC(C5)CC4C6)cc3)nc(-c3cccc4ccccc34)n2)cc1. The van der Waals surface area contributed by atoms with E-state index < -0.39 is 0 Å². The van der Waals surface area contributed by atoms with Gasteiger partial charge in [0.15, 0.2) is 17.5 Å². The molecule has 0 unspecified atom stereocenters. The summed E-state index contributed by atoms with van der Waals surface area (Å²) in [4.78, 5) is 15.3. The Hall–Kier alpha value is -6.45. The Labute approximate surface area is 338 Å². The average Bonchev–Trinajstić information content (AvgIpc) is 3.57. The van der Waals surface area contributed by atoms with Gasteiger partial charge in [0.2, 0.25) is 0 Å². The van der Waals surface area contributed by atoms with E-state index in [2.05, 4.69) is 146 Å². The van der Waals surface area contributed by atoms with Crippen LogP contribution in [0.1, 0.15) is 43.2 Å². The number of fused-ring (bicyclic) bond motifs is 7. The second-order valence-corrected chi connectivity index (χ2v) is 17.6. The van der Waals surface area contributed by atoms with Crippen LogP contribution in [0.4, 0.5) is 0 Å². The molecule has 0 atom stereocenters. The van der Waals surface area contributed by atoms with Crippen molar-refractivity contribution in [1.82, 2.24) is 15.0 Å². The first-order valence-corrected chi connectivity index (χ1v) is 21.2. The maximum absolute atomic E-state index is 5.14. The third kappa shape index (κ3) is 4.65. The highest BCUT2D eigenvalue weighted by atomic mass is 15.0. The van der Waals surface area contributed by atoms with E-state index in [9.17, 15) is 0 Å². The normalized spacial score (nSPS) is 22.6. The van der Waals surface area contributed by atoms with Gasteiger partial charge in [0.05, 0.1) is 0 Å². The van der Waals surface area contributed by atoms with Crippen LogP contribution >= 0.6 is 0 Å². The van der Waals surface area contributed by atoms with E-state index in [4.69, 9.17) is 15.0 Å². The molecule has 0 saturated heterocycles. The maximum atomic E-state index is 5.14. The van der Waals surface area contributed by atoms with E-state index >= 15 is 0 Å². The van der Waals surface area contributed by atoms with E-state index in [-0.39, 0.29) is 5.41 Å². The van der Waals surface area contributed by atoms with Crippen molar-refractivity contribution >= 4 is 32.3 Å². The first kappa shape index (κ1) is 32.6. The molecule has 1 aromatic heterocycles. The van der Waals surface area contributed by atoms with Gasteiger partial charge in [-0.15, -0.1) is 0 Å². The molecular formula is C55H41N3. The number of hydrogen-bond donors (Lipinski definition) is 0. The van der Waals surface area contributed by atoms with Crippen molar-refractivity contribution in [3.05, 3.63) is 175 Å². The standard InChI is InChI=1S/C55H41N3/c1-2-12-38(13-3-1)52-56-53(58-54(57-52)46-19-8-14-35-10-4-6-16-43(35)46)39-22-20-37(21-23-39)44-18-9-15-40-31-48-50(32-47(40)44)55(41-27-33-26-34(29-41)30-42(55)28-33)49-25-24-36-11-5-7-17-45(36)51(48)49/h1-25,31-34,41-42H,26-30H2. The second-order valence-electron chi connectivity index (χ2n) is 17.6. The summed E-state index contributed by atoms with van der Waals surface area (Å²) >= 11 is 0. The predicted molar refractivity (Wildman–Crippen MR) is 237 cm³/mol. The number of rotatable bonds is 4. The Balaban J connectivity index is 0.959. The molecule has 0 aliphatic heterocycles. The van der Waals surface area contributed by atoms with Gasteiger partial charge in [-0.1, -0.05) is 152 Å². The number of benzene rings is 8. The molecule has 1 heterocycles. The highest BCUT2D eigenvalue weighted by Gasteiger charge is 2.61. The monoisotopic (exact) mass is 743 g/mol. The summed E-state index contributed by atoms with van der Waals surface area (Å²) in [7, 11) is 0. The van der Waals surface area contributed by atoms with Crippen LogP contribution in [0.5, 0.6) is 0 Å². The van der Waals surface area contributed by atoms with E-state index in [0.29, 0.717) is 29.3 Å². The molecule has 9 aromatic rings. The van der Waals surface area contributed by atoms with Crippen LogP contribution in [0.2, 0.25) is 0 Å². The first-order chi connectivity index (χ1) is 28.7. The lowest BCUT2D eigenvalue weighted by molar-refractivity contribution is -0.0398. The Bertz CT molecular complexity index is 3090. The largest absolute Gasteiger partial charge is 0.208 e. The molecule has 4 bridgehead atoms. The van der Waals surface area contributed by atoms with Crippen LogP contribution in [0.15, 0.2) is 164 Å².